The summed E-state index contributed by atoms with van der Waals surface area (Å²) in [7, 11) is 0. The minimum Gasteiger partial charge on any atom is -0.393 e. The molecule has 0 aromatic carbocycles. The number of hydrogen-bond acceptors (Lipinski definition) is 3. The molecule has 18 heavy (non-hydrogen) atoms. The van der Waals surface area contributed by atoms with E-state index < -0.39 is 0 Å². The van der Waals surface area contributed by atoms with Gasteiger partial charge in [-0.25, -0.2) is 4.79 Å². The van der Waals surface area contributed by atoms with Crippen molar-refractivity contribution in [3.05, 3.63) is 0 Å². The van der Waals surface area contributed by atoms with Crippen molar-refractivity contribution in [3.63, 3.8) is 0 Å². The van der Waals surface area contributed by atoms with Gasteiger partial charge in [-0.15, -0.1) is 0 Å². The van der Waals surface area contributed by atoms with Crippen LogP contribution in [0.15, 0.2) is 0 Å². The number of carbonyl (C=O) groups excluding carboxylic acids is 1. The minimum absolute atomic E-state index is 0.0953. The van der Waals surface area contributed by atoms with Gasteiger partial charge >= 0.3 is 6.03 Å². The number of ether oxygens (including phenoxy) is 1. The zero-order valence-corrected chi connectivity index (χ0v) is 11.7. The van der Waals surface area contributed by atoms with Crippen LogP contribution in [-0.4, -0.2) is 43.5 Å². The Kier molecular flexibility index (Phi) is 5.88. The highest BCUT2D eigenvalue weighted by atomic mass is 16.5. The molecule has 0 aliphatic carbocycles. The fourth-order valence-electron chi connectivity index (χ4n) is 2.24. The summed E-state index contributed by atoms with van der Waals surface area (Å²) in [4.78, 5) is 11.6. The standard InChI is InChI=1S/C13H26N2O3/c1-10(16)6-13(2,3)9-15-12(17)14-7-11-4-5-18-8-11/h10-11,16H,4-9H2,1-3H3,(H2,14,15,17)/t10-,11+/m0/s1. The van der Waals surface area contributed by atoms with Gasteiger partial charge in [0.05, 0.1) is 12.7 Å². The number of hydrogen-bond donors (Lipinski definition) is 3. The van der Waals surface area contributed by atoms with E-state index in [1.165, 1.54) is 0 Å². The molecule has 1 saturated heterocycles. The highest BCUT2D eigenvalue weighted by Gasteiger charge is 2.21. The summed E-state index contributed by atoms with van der Waals surface area (Å²) < 4.78 is 5.25. The van der Waals surface area contributed by atoms with Crippen LogP contribution in [0.2, 0.25) is 0 Å². The van der Waals surface area contributed by atoms with Crippen molar-refractivity contribution < 1.29 is 14.6 Å². The number of amides is 2. The van der Waals surface area contributed by atoms with Gasteiger partial charge in [-0.1, -0.05) is 13.8 Å². The van der Waals surface area contributed by atoms with Crippen molar-refractivity contribution in [1.82, 2.24) is 10.6 Å². The summed E-state index contributed by atoms with van der Waals surface area (Å²) in [5.74, 6) is 0.446. The fraction of sp³-hybridized carbons (Fsp3) is 0.923. The Morgan fingerprint density at radius 2 is 2.22 bits per heavy atom. The Morgan fingerprint density at radius 3 is 2.78 bits per heavy atom. The van der Waals surface area contributed by atoms with E-state index in [4.69, 9.17) is 4.74 Å². The molecule has 0 aromatic heterocycles. The fourth-order valence-corrected chi connectivity index (χ4v) is 2.24. The van der Waals surface area contributed by atoms with Crippen molar-refractivity contribution in [2.45, 2.75) is 39.7 Å². The number of nitrogens with one attached hydrogen (secondary N) is 2. The molecule has 0 bridgehead atoms. The molecule has 5 nitrogen and oxygen atoms in total. The Bertz CT molecular complexity index is 261. The number of aliphatic hydroxyl groups is 1. The zero-order chi connectivity index (χ0) is 13.6. The molecular weight excluding hydrogens is 232 g/mol. The van der Waals surface area contributed by atoms with E-state index >= 15 is 0 Å². The molecule has 106 valence electrons. The topological polar surface area (TPSA) is 70.6 Å². The number of carbonyl (C=O) groups is 1. The lowest BCUT2D eigenvalue weighted by Crippen LogP contribution is -2.43. The van der Waals surface area contributed by atoms with Crippen molar-refractivity contribution in [3.8, 4) is 0 Å². The summed E-state index contributed by atoms with van der Waals surface area (Å²) in [5.41, 5.74) is -0.0953. The van der Waals surface area contributed by atoms with Gasteiger partial charge in [-0.2, -0.15) is 0 Å². The van der Waals surface area contributed by atoms with Gasteiger partial charge in [0.1, 0.15) is 0 Å². The Morgan fingerprint density at radius 1 is 1.50 bits per heavy atom. The predicted molar refractivity (Wildman–Crippen MR) is 70.4 cm³/mol. The highest BCUT2D eigenvalue weighted by molar-refractivity contribution is 5.73. The summed E-state index contributed by atoms with van der Waals surface area (Å²) in [5, 5.41) is 15.1. The molecule has 1 aliphatic rings. The van der Waals surface area contributed by atoms with Gasteiger partial charge in [0, 0.05) is 25.6 Å². The van der Waals surface area contributed by atoms with Gasteiger partial charge in [0.15, 0.2) is 0 Å². The first kappa shape index (κ1) is 15.2. The van der Waals surface area contributed by atoms with Crippen molar-refractivity contribution in [1.29, 1.82) is 0 Å². The Balaban J connectivity index is 2.15. The summed E-state index contributed by atoms with van der Waals surface area (Å²) in [6, 6.07) is -0.138. The zero-order valence-electron chi connectivity index (χ0n) is 11.7. The molecule has 1 heterocycles. The average molecular weight is 258 g/mol. The second-order valence-electron chi connectivity index (χ2n) is 6.01. The van der Waals surface area contributed by atoms with Crippen LogP contribution in [0.1, 0.15) is 33.6 Å². The smallest absolute Gasteiger partial charge is 0.314 e. The van der Waals surface area contributed by atoms with Crippen molar-refractivity contribution in [2.75, 3.05) is 26.3 Å². The van der Waals surface area contributed by atoms with Gasteiger partial charge < -0.3 is 20.5 Å². The van der Waals surface area contributed by atoms with Crippen LogP contribution in [0, 0.1) is 11.3 Å². The molecular formula is C13H26N2O3. The second kappa shape index (κ2) is 6.95. The first-order chi connectivity index (χ1) is 8.39. The van der Waals surface area contributed by atoms with Gasteiger partial charge in [0.2, 0.25) is 0 Å². The van der Waals surface area contributed by atoms with Gasteiger partial charge in [0.25, 0.3) is 0 Å². The monoisotopic (exact) mass is 258 g/mol. The Labute approximate surface area is 109 Å². The lowest BCUT2D eigenvalue weighted by Gasteiger charge is -2.26. The van der Waals surface area contributed by atoms with Crippen LogP contribution in [0.25, 0.3) is 0 Å². The van der Waals surface area contributed by atoms with Gasteiger partial charge in [-0.3, -0.25) is 0 Å². The van der Waals surface area contributed by atoms with E-state index in [1.54, 1.807) is 6.92 Å². The summed E-state index contributed by atoms with van der Waals surface area (Å²) in [6.45, 7) is 8.61. The SMILES string of the molecule is C[C@H](O)CC(C)(C)CNC(=O)NC[C@H]1CCOC1. The average Bonchev–Trinajstić information content (AvgIpc) is 2.74. The normalized spacial score (nSPS) is 21.7. The Hall–Kier alpha value is -0.810. The van der Waals surface area contributed by atoms with Crippen molar-refractivity contribution in [2.24, 2.45) is 11.3 Å². The molecule has 5 heteroatoms. The molecule has 1 rings (SSSR count). The molecule has 3 N–H and O–H groups in total. The first-order valence-corrected chi connectivity index (χ1v) is 6.66. The largest absolute Gasteiger partial charge is 0.393 e. The van der Waals surface area contributed by atoms with Crippen LogP contribution in [0.5, 0.6) is 0 Å². The second-order valence-corrected chi connectivity index (χ2v) is 6.01. The quantitative estimate of drug-likeness (QED) is 0.668. The van der Waals surface area contributed by atoms with E-state index in [-0.39, 0.29) is 17.6 Å². The molecule has 0 saturated carbocycles. The van der Waals surface area contributed by atoms with Crippen LogP contribution in [0.4, 0.5) is 4.79 Å². The van der Waals surface area contributed by atoms with Crippen LogP contribution in [0.3, 0.4) is 0 Å². The molecule has 1 aliphatic heterocycles. The van der Waals surface area contributed by atoms with E-state index in [0.717, 1.165) is 19.6 Å². The molecule has 2 atom stereocenters. The highest BCUT2D eigenvalue weighted by Crippen LogP contribution is 2.20. The lowest BCUT2D eigenvalue weighted by atomic mass is 9.87. The molecule has 2 amide bonds. The first-order valence-electron chi connectivity index (χ1n) is 6.66. The third-order valence-corrected chi connectivity index (χ3v) is 3.15. The van der Waals surface area contributed by atoms with Crippen LogP contribution < -0.4 is 10.6 Å². The van der Waals surface area contributed by atoms with Gasteiger partial charge in [-0.05, 0) is 25.2 Å². The minimum atomic E-state index is -0.347. The number of aliphatic hydroxyl groups excluding tert-OH is 1. The maximum absolute atomic E-state index is 11.6. The van der Waals surface area contributed by atoms with E-state index in [0.29, 0.717) is 25.4 Å². The number of rotatable bonds is 6. The third-order valence-electron chi connectivity index (χ3n) is 3.15. The van der Waals surface area contributed by atoms with Crippen molar-refractivity contribution >= 4 is 6.03 Å². The maximum Gasteiger partial charge on any atom is 0.314 e. The van der Waals surface area contributed by atoms with Crippen LogP contribution in [-0.2, 0) is 4.74 Å². The third kappa shape index (κ3) is 6.21. The molecule has 0 spiro atoms. The van der Waals surface area contributed by atoms with E-state index in [9.17, 15) is 9.90 Å². The van der Waals surface area contributed by atoms with E-state index in [2.05, 4.69) is 10.6 Å². The summed E-state index contributed by atoms with van der Waals surface area (Å²) >= 11 is 0. The lowest BCUT2D eigenvalue weighted by molar-refractivity contribution is 0.128. The molecule has 0 radical (unpaired) electrons. The maximum atomic E-state index is 11.6. The van der Waals surface area contributed by atoms with Crippen LogP contribution >= 0.6 is 0 Å². The number of urea groups is 1. The van der Waals surface area contributed by atoms with E-state index in [1.807, 2.05) is 13.8 Å². The molecule has 0 unspecified atom stereocenters. The summed E-state index contributed by atoms with van der Waals surface area (Å²) in [6.07, 6.45) is 1.35. The molecule has 1 fully saturated rings. The predicted octanol–water partition coefficient (Wildman–Crippen LogP) is 1.12. The molecule has 0 aromatic rings.